The Morgan fingerprint density at radius 2 is 1.89 bits per heavy atom. The van der Waals surface area contributed by atoms with E-state index in [1.165, 1.54) is 0 Å². The van der Waals surface area contributed by atoms with Crippen LogP contribution in [0.15, 0.2) is 72.3 Å². The van der Waals surface area contributed by atoms with Gasteiger partial charge in [0.15, 0.2) is 0 Å². The van der Waals surface area contributed by atoms with Crippen LogP contribution < -0.4 is 16.2 Å². The van der Waals surface area contributed by atoms with Gasteiger partial charge in [0.05, 0.1) is 7.11 Å². The van der Waals surface area contributed by atoms with Crippen molar-refractivity contribution in [1.29, 1.82) is 5.41 Å². The second-order valence-electron chi connectivity index (χ2n) is 7.91. The van der Waals surface area contributed by atoms with Crippen LogP contribution in [0.25, 0.3) is 12.0 Å². The number of aliphatic carboxylic acids is 1. The number of carboxylic acid groups (broad SMARTS) is 1. The second-order valence-corrected chi connectivity index (χ2v) is 7.91. The summed E-state index contributed by atoms with van der Waals surface area (Å²) in [4.78, 5) is 32.8. The first-order chi connectivity index (χ1) is 17.7. The third-order valence-electron chi connectivity index (χ3n) is 5.24. The van der Waals surface area contributed by atoms with E-state index >= 15 is 0 Å². The molecule has 190 valence electrons. The van der Waals surface area contributed by atoms with Crippen molar-refractivity contribution in [3.05, 3.63) is 106 Å². The first-order valence-electron chi connectivity index (χ1n) is 11.1. The predicted octanol–water partition coefficient (Wildman–Crippen LogP) is 2.75. The summed E-state index contributed by atoms with van der Waals surface area (Å²) in [6, 6.07) is 14.9. The molecule has 0 aliphatic rings. The molecular weight excluding hydrogens is 474 g/mol. The molecule has 4 rings (SSSR count). The van der Waals surface area contributed by atoms with Crippen LogP contribution in [-0.2, 0) is 11.2 Å². The Balaban J connectivity index is 0.000000886. The Kier molecular flexibility index (Phi) is 8.66. The molecule has 1 unspecified atom stereocenters. The Morgan fingerprint density at radius 3 is 2.46 bits per heavy atom. The van der Waals surface area contributed by atoms with E-state index in [-0.39, 0.29) is 17.7 Å². The number of aromatic nitrogens is 5. The molecule has 37 heavy (non-hydrogen) atoms. The maximum absolute atomic E-state index is 12.7. The summed E-state index contributed by atoms with van der Waals surface area (Å²) in [6.07, 6.45) is 5.37. The highest BCUT2D eigenvalue weighted by Crippen LogP contribution is 2.30. The van der Waals surface area contributed by atoms with Crippen molar-refractivity contribution in [2.75, 3.05) is 7.11 Å². The monoisotopic (exact) mass is 501 g/mol. The van der Waals surface area contributed by atoms with Gasteiger partial charge in [-0.3, -0.25) is 15.2 Å². The number of ether oxygens (including phenoxy) is 1. The molecule has 0 saturated carbocycles. The first kappa shape index (κ1) is 26.5. The van der Waals surface area contributed by atoms with Crippen molar-refractivity contribution in [2.45, 2.75) is 19.3 Å². The van der Waals surface area contributed by atoms with E-state index in [1.54, 1.807) is 43.8 Å². The van der Waals surface area contributed by atoms with Crippen molar-refractivity contribution < 1.29 is 14.6 Å². The summed E-state index contributed by atoms with van der Waals surface area (Å²) < 4.78 is 6.62. The SMILES string of the molecule is C=Cc1cc(OC)cc(C(Cc2ccc(C(=N)N)cc2)c2nn(-c3ncccn3)c(=O)[nH]2)c1.CC(=O)O. The van der Waals surface area contributed by atoms with Crippen LogP contribution in [-0.4, -0.2) is 48.8 Å². The quantitative estimate of drug-likeness (QED) is 0.211. The summed E-state index contributed by atoms with van der Waals surface area (Å²) in [5.41, 5.74) is 8.56. The minimum atomic E-state index is -0.833. The van der Waals surface area contributed by atoms with Crippen LogP contribution in [0.4, 0.5) is 0 Å². The molecule has 0 bridgehead atoms. The number of aromatic amines is 1. The topological polar surface area (TPSA) is 173 Å². The van der Waals surface area contributed by atoms with Crippen LogP contribution in [0.1, 0.15) is 40.9 Å². The van der Waals surface area contributed by atoms with Gasteiger partial charge in [-0.15, -0.1) is 9.78 Å². The fourth-order valence-corrected chi connectivity index (χ4v) is 3.54. The lowest BCUT2D eigenvalue weighted by Gasteiger charge is -2.17. The molecule has 0 aliphatic carbocycles. The Morgan fingerprint density at radius 1 is 1.24 bits per heavy atom. The molecule has 1 atom stereocenters. The highest BCUT2D eigenvalue weighted by Gasteiger charge is 2.22. The molecule has 0 fully saturated rings. The van der Waals surface area contributed by atoms with Crippen LogP contribution in [0.3, 0.4) is 0 Å². The third kappa shape index (κ3) is 6.98. The van der Waals surface area contributed by atoms with Gasteiger partial charge in [0, 0.05) is 30.8 Å². The lowest BCUT2D eigenvalue weighted by atomic mass is 9.89. The zero-order chi connectivity index (χ0) is 26.9. The second kappa shape index (κ2) is 12.1. The number of H-pyrrole nitrogens is 1. The highest BCUT2D eigenvalue weighted by atomic mass is 16.5. The summed E-state index contributed by atoms with van der Waals surface area (Å²) in [7, 11) is 1.60. The van der Waals surface area contributed by atoms with Gasteiger partial charge in [0.25, 0.3) is 11.9 Å². The Bertz CT molecular complexity index is 1440. The molecule has 0 amide bonds. The fourth-order valence-electron chi connectivity index (χ4n) is 3.54. The number of carbonyl (C=O) groups is 1. The van der Waals surface area contributed by atoms with Gasteiger partial charge < -0.3 is 15.6 Å². The van der Waals surface area contributed by atoms with E-state index in [2.05, 4.69) is 26.6 Å². The zero-order valence-corrected chi connectivity index (χ0v) is 20.4. The molecule has 0 spiro atoms. The number of nitrogen functional groups attached to an aromatic ring is 1. The van der Waals surface area contributed by atoms with Crippen LogP contribution in [0, 0.1) is 5.41 Å². The molecule has 0 saturated heterocycles. The molecule has 2 heterocycles. The Labute approximate surface area is 212 Å². The van der Waals surface area contributed by atoms with E-state index < -0.39 is 11.7 Å². The van der Waals surface area contributed by atoms with Crippen LogP contribution >= 0.6 is 0 Å². The molecule has 2 aromatic heterocycles. The van der Waals surface area contributed by atoms with Crippen LogP contribution in [0.5, 0.6) is 5.75 Å². The number of nitrogens with zero attached hydrogens (tertiary/aromatic N) is 4. The van der Waals surface area contributed by atoms with Gasteiger partial charge in [-0.05, 0) is 41.3 Å². The van der Waals surface area contributed by atoms with Gasteiger partial charge in [0.2, 0.25) is 0 Å². The molecule has 11 nitrogen and oxygen atoms in total. The maximum Gasteiger partial charge on any atom is 0.350 e. The number of hydrogen-bond acceptors (Lipinski definition) is 7. The van der Waals surface area contributed by atoms with Crippen molar-refractivity contribution in [1.82, 2.24) is 24.7 Å². The number of rotatable bonds is 8. The first-order valence-corrected chi connectivity index (χ1v) is 11.1. The molecule has 5 N–H and O–H groups in total. The Hall–Kier alpha value is -5.06. The lowest BCUT2D eigenvalue weighted by molar-refractivity contribution is -0.134. The molecule has 0 radical (unpaired) electrons. The van der Waals surface area contributed by atoms with Crippen molar-refractivity contribution in [2.24, 2.45) is 5.73 Å². The highest BCUT2D eigenvalue weighted by molar-refractivity contribution is 5.94. The number of methoxy groups -OCH3 is 1. The number of hydrogen-bond donors (Lipinski definition) is 4. The largest absolute Gasteiger partial charge is 0.497 e. The average molecular weight is 502 g/mol. The summed E-state index contributed by atoms with van der Waals surface area (Å²) in [6.45, 7) is 4.95. The molecule has 4 aromatic rings. The molecule has 0 aliphatic heterocycles. The van der Waals surface area contributed by atoms with E-state index in [1.807, 2.05) is 30.3 Å². The molecule has 11 heteroatoms. The van der Waals surface area contributed by atoms with Gasteiger partial charge in [-0.25, -0.2) is 14.8 Å². The van der Waals surface area contributed by atoms with Gasteiger partial charge in [0.1, 0.15) is 17.4 Å². The normalized spacial score (nSPS) is 11.1. The van der Waals surface area contributed by atoms with E-state index in [4.69, 9.17) is 25.8 Å². The van der Waals surface area contributed by atoms with E-state index in [0.717, 1.165) is 28.3 Å². The number of nitrogens with one attached hydrogen (secondary N) is 2. The van der Waals surface area contributed by atoms with Gasteiger partial charge >= 0.3 is 5.69 Å². The van der Waals surface area contributed by atoms with Crippen molar-refractivity contribution in [3.8, 4) is 11.7 Å². The molecule has 2 aromatic carbocycles. The van der Waals surface area contributed by atoms with Crippen molar-refractivity contribution >= 4 is 17.9 Å². The summed E-state index contributed by atoms with van der Waals surface area (Å²) in [5.74, 6) is 0.193. The van der Waals surface area contributed by atoms with E-state index in [9.17, 15) is 4.79 Å². The minimum Gasteiger partial charge on any atom is -0.497 e. The zero-order valence-electron chi connectivity index (χ0n) is 20.4. The third-order valence-corrected chi connectivity index (χ3v) is 5.24. The maximum atomic E-state index is 12.7. The minimum absolute atomic E-state index is 0.00690. The summed E-state index contributed by atoms with van der Waals surface area (Å²) in [5, 5.41) is 19.5. The number of amidine groups is 1. The smallest absolute Gasteiger partial charge is 0.350 e. The molecular formula is C26H27N7O4. The lowest BCUT2D eigenvalue weighted by Crippen LogP contribution is -2.18. The van der Waals surface area contributed by atoms with Gasteiger partial charge in [-0.1, -0.05) is 43.0 Å². The van der Waals surface area contributed by atoms with Crippen LogP contribution in [0.2, 0.25) is 0 Å². The average Bonchev–Trinajstić information content (AvgIpc) is 3.28. The summed E-state index contributed by atoms with van der Waals surface area (Å²) >= 11 is 0. The van der Waals surface area contributed by atoms with Gasteiger partial charge in [-0.2, -0.15) is 0 Å². The van der Waals surface area contributed by atoms with Crippen molar-refractivity contribution in [3.63, 3.8) is 0 Å². The van der Waals surface area contributed by atoms with E-state index in [0.29, 0.717) is 23.6 Å². The number of nitrogens with two attached hydrogens (primary N) is 1. The number of carboxylic acids is 1. The number of benzene rings is 2. The standard InChI is InChI=1S/C24H23N7O2.C2H4O2/c1-3-15-11-18(14-19(12-15)33-2)20(13-16-5-7-17(8-6-16)21(25)26)22-29-24(32)31(30-22)23-27-9-4-10-28-23;1-2(3)4/h3-12,14,20H,1,13H2,2H3,(H3,25,26)(H,29,30,32);1H3,(H,3,4). The predicted molar refractivity (Wildman–Crippen MR) is 139 cm³/mol. The fraction of sp³-hybridized carbons (Fsp3) is 0.154.